The largest absolute Gasteiger partial charge is 0.480 e. The summed E-state index contributed by atoms with van der Waals surface area (Å²) in [5, 5.41) is 12.1. The Bertz CT molecular complexity index is 506. The van der Waals surface area contributed by atoms with Crippen LogP contribution in [0.5, 0.6) is 0 Å². The van der Waals surface area contributed by atoms with Crippen LogP contribution in [0, 0.1) is 0 Å². The van der Waals surface area contributed by atoms with Crippen LogP contribution < -0.4 is 11.1 Å². The average Bonchev–Trinajstić information content (AvgIpc) is 2.49. The van der Waals surface area contributed by atoms with Crippen molar-refractivity contribution in [1.82, 2.24) is 10.3 Å². The number of carboxylic acids is 1. The maximum absolute atomic E-state index is 10.8. The average molecular weight is 271 g/mol. The fourth-order valence-electron chi connectivity index (χ4n) is 1.96. The van der Waals surface area contributed by atoms with E-state index < -0.39 is 12.0 Å². The van der Waals surface area contributed by atoms with Gasteiger partial charge in [0.1, 0.15) is 6.04 Å². The summed E-state index contributed by atoms with van der Waals surface area (Å²) in [6.45, 7) is 0.192. The predicted octanol–water partition coefficient (Wildman–Crippen LogP) is 1.17. The molecule has 0 bridgehead atoms. The molecular weight excluding hydrogens is 254 g/mol. The second kappa shape index (κ2) is 6.79. The van der Waals surface area contributed by atoms with Crippen LogP contribution in [0.3, 0.4) is 0 Å². The third-order valence-corrected chi connectivity index (χ3v) is 3.03. The fourth-order valence-corrected chi connectivity index (χ4v) is 1.96. The minimum atomic E-state index is -1.01. The molecule has 0 radical (unpaired) electrons. The van der Waals surface area contributed by atoms with Crippen LogP contribution in [0.15, 0.2) is 54.9 Å². The molecule has 0 aliphatic rings. The highest BCUT2D eigenvalue weighted by molar-refractivity contribution is 5.73. The molecule has 104 valence electrons. The van der Waals surface area contributed by atoms with Gasteiger partial charge in [0.25, 0.3) is 0 Å². The van der Waals surface area contributed by atoms with Crippen LogP contribution in [-0.4, -0.2) is 28.6 Å². The highest BCUT2D eigenvalue weighted by Gasteiger charge is 2.17. The molecule has 0 saturated carbocycles. The van der Waals surface area contributed by atoms with Crippen molar-refractivity contribution in [2.75, 3.05) is 6.54 Å². The number of benzene rings is 1. The summed E-state index contributed by atoms with van der Waals surface area (Å²) >= 11 is 0. The van der Waals surface area contributed by atoms with E-state index in [1.807, 2.05) is 42.5 Å². The number of nitrogens with two attached hydrogens (primary N) is 1. The molecule has 0 aliphatic heterocycles. The van der Waals surface area contributed by atoms with E-state index in [4.69, 9.17) is 10.8 Å². The number of hydrogen-bond acceptors (Lipinski definition) is 4. The molecule has 1 heterocycles. The van der Waals surface area contributed by atoms with Gasteiger partial charge in [0, 0.05) is 18.9 Å². The highest BCUT2D eigenvalue weighted by atomic mass is 16.4. The van der Waals surface area contributed by atoms with E-state index in [-0.39, 0.29) is 12.6 Å². The molecule has 4 N–H and O–H groups in total. The van der Waals surface area contributed by atoms with Gasteiger partial charge >= 0.3 is 5.97 Å². The van der Waals surface area contributed by atoms with E-state index in [1.54, 1.807) is 12.4 Å². The molecular formula is C15H17N3O2. The first-order valence-electron chi connectivity index (χ1n) is 6.35. The van der Waals surface area contributed by atoms with E-state index in [0.29, 0.717) is 0 Å². The molecule has 1 aromatic heterocycles. The SMILES string of the molecule is NC(CNC(c1ccccc1)c1ccncc1)C(=O)O. The number of carboxylic acid groups (broad SMARTS) is 1. The van der Waals surface area contributed by atoms with Gasteiger partial charge in [0.2, 0.25) is 0 Å². The lowest BCUT2D eigenvalue weighted by atomic mass is 9.99. The summed E-state index contributed by atoms with van der Waals surface area (Å²) in [5.74, 6) is -1.01. The van der Waals surface area contributed by atoms with E-state index >= 15 is 0 Å². The summed E-state index contributed by atoms with van der Waals surface area (Å²) in [7, 11) is 0. The monoisotopic (exact) mass is 271 g/mol. The number of pyridine rings is 1. The lowest BCUT2D eigenvalue weighted by Crippen LogP contribution is -2.41. The minimum Gasteiger partial charge on any atom is -0.480 e. The Labute approximate surface area is 117 Å². The van der Waals surface area contributed by atoms with E-state index in [1.165, 1.54) is 0 Å². The van der Waals surface area contributed by atoms with E-state index in [0.717, 1.165) is 11.1 Å². The first-order chi connectivity index (χ1) is 9.68. The second-order valence-electron chi connectivity index (χ2n) is 4.48. The molecule has 2 atom stereocenters. The van der Waals surface area contributed by atoms with Crippen molar-refractivity contribution in [3.05, 3.63) is 66.0 Å². The van der Waals surface area contributed by atoms with E-state index in [9.17, 15) is 4.79 Å². The molecule has 2 rings (SSSR count). The van der Waals surface area contributed by atoms with Crippen molar-refractivity contribution in [2.45, 2.75) is 12.1 Å². The molecule has 0 amide bonds. The molecule has 0 saturated heterocycles. The third kappa shape index (κ3) is 3.63. The second-order valence-corrected chi connectivity index (χ2v) is 4.48. The molecule has 0 spiro atoms. The van der Waals surface area contributed by atoms with Gasteiger partial charge in [-0.15, -0.1) is 0 Å². The van der Waals surface area contributed by atoms with Crippen molar-refractivity contribution in [3.8, 4) is 0 Å². The minimum absolute atomic E-state index is 0.107. The third-order valence-electron chi connectivity index (χ3n) is 3.03. The number of carbonyl (C=O) groups is 1. The number of aromatic nitrogens is 1. The Morgan fingerprint density at radius 3 is 2.35 bits per heavy atom. The Hall–Kier alpha value is -2.24. The van der Waals surface area contributed by atoms with Crippen molar-refractivity contribution in [3.63, 3.8) is 0 Å². The maximum atomic E-state index is 10.8. The van der Waals surface area contributed by atoms with Gasteiger partial charge in [-0.3, -0.25) is 9.78 Å². The molecule has 1 aromatic carbocycles. The summed E-state index contributed by atoms with van der Waals surface area (Å²) in [5.41, 5.74) is 7.62. The standard InChI is InChI=1S/C15H17N3O2/c16-13(15(19)20)10-18-14(11-4-2-1-3-5-11)12-6-8-17-9-7-12/h1-9,13-14,18H,10,16H2,(H,19,20). The Balaban J connectivity index is 2.19. The van der Waals surface area contributed by atoms with Crippen LogP contribution in [0.2, 0.25) is 0 Å². The van der Waals surface area contributed by atoms with Gasteiger partial charge in [0.05, 0.1) is 6.04 Å². The number of nitrogens with one attached hydrogen (secondary N) is 1. The molecule has 5 heteroatoms. The van der Waals surface area contributed by atoms with Crippen LogP contribution in [0.25, 0.3) is 0 Å². The summed E-state index contributed by atoms with van der Waals surface area (Å²) in [4.78, 5) is 14.8. The van der Waals surface area contributed by atoms with Gasteiger partial charge in [0.15, 0.2) is 0 Å². The lowest BCUT2D eigenvalue weighted by Gasteiger charge is -2.20. The topological polar surface area (TPSA) is 88.2 Å². The van der Waals surface area contributed by atoms with Gasteiger partial charge in [-0.1, -0.05) is 30.3 Å². The normalized spacial score (nSPS) is 13.7. The Morgan fingerprint density at radius 1 is 1.15 bits per heavy atom. The number of hydrogen-bond donors (Lipinski definition) is 3. The van der Waals surface area contributed by atoms with Crippen molar-refractivity contribution in [1.29, 1.82) is 0 Å². The molecule has 2 aromatic rings. The zero-order valence-corrected chi connectivity index (χ0v) is 10.9. The Kier molecular flexibility index (Phi) is 4.81. The lowest BCUT2D eigenvalue weighted by molar-refractivity contribution is -0.138. The molecule has 0 fully saturated rings. The first kappa shape index (κ1) is 14.2. The number of aliphatic carboxylic acids is 1. The number of rotatable bonds is 6. The van der Waals surface area contributed by atoms with Gasteiger partial charge in [-0.2, -0.15) is 0 Å². The quantitative estimate of drug-likeness (QED) is 0.734. The first-order valence-corrected chi connectivity index (χ1v) is 6.35. The summed E-state index contributed by atoms with van der Waals surface area (Å²) < 4.78 is 0. The number of nitrogens with zero attached hydrogens (tertiary/aromatic N) is 1. The van der Waals surface area contributed by atoms with Crippen LogP contribution in [-0.2, 0) is 4.79 Å². The fraction of sp³-hybridized carbons (Fsp3) is 0.200. The van der Waals surface area contributed by atoms with Crippen LogP contribution >= 0.6 is 0 Å². The molecule has 2 unspecified atom stereocenters. The molecule has 5 nitrogen and oxygen atoms in total. The van der Waals surface area contributed by atoms with E-state index in [2.05, 4.69) is 10.3 Å². The van der Waals surface area contributed by atoms with Gasteiger partial charge < -0.3 is 16.2 Å². The Morgan fingerprint density at radius 2 is 1.75 bits per heavy atom. The van der Waals surface area contributed by atoms with Gasteiger partial charge in [-0.25, -0.2) is 0 Å². The summed E-state index contributed by atoms with van der Waals surface area (Å²) in [6, 6.07) is 12.6. The molecule has 20 heavy (non-hydrogen) atoms. The van der Waals surface area contributed by atoms with Crippen molar-refractivity contribution >= 4 is 5.97 Å². The summed E-state index contributed by atoms with van der Waals surface area (Å²) in [6.07, 6.45) is 3.42. The maximum Gasteiger partial charge on any atom is 0.321 e. The van der Waals surface area contributed by atoms with Crippen molar-refractivity contribution in [2.24, 2.45) is 5.73 Å². The zero-order chi connectivity index (χ0) is 14.4. The van der Waals surface area contributed by atoms with Crippen molar-refractivity contribution < 1.29 is 9.90 Å². The van der Waals surface area contributed by atoms with Crippen LogP contribution in [0.4, 0.5) is 0 Å². The highest BCUT2D eigenvalue weighted by Crippen LogP contribution is 2.20. The smallest absolute Gasteiger partial charge is 0.321 e. The zero-order valence-electron chi connectivity index (χ0n) is 10.9. The molecule has 0 aliphatic carbocycles. The predicted molar refractivity (Wildman–Crippen MR) is 76.1 cm³/mol. The van der Waals surface area contributed by atoms with Gasteiger partial charge in [-0.05, 0) is 23.3 Å². The van der Waals surface area contributed by atoms with Crippen LogP contribution in [0.1, 0.15) is 17.2 Å².